The van der Waals surface area contributed by atoms with Gasteiger partial charge in [-0.3, -0.25) is 9.78 Å². The molecule has 0 aliphatic carbocycles. The van der Waals surface area contributed by atoms with Crippen molar-refractivity contribution in [1.82, 2.24) is 15.3 Å². The van der Waals surface area contributed by atoms with Gasteiger partial charge in [0, 0.05) is 43.4 Å². The third-order valence-electron chi connectivity index (χ3n) is 5.18. The summed E-state index contributed by atoms with van der Waals surface area (Å²) in [7, 11) is 0. The molecule has 1 amide bonds. The fourth-order valence-electron chi connectivity index (χ4n) is 3.34. The zero-order valence-corrected chi connectivity index (χ0v) is 14.9. The predicted molar refractivity (Wildman–Crippen MR) is 99.4 cm³/mol. The van der Waals surface area contributed by atoms with E-state index in [0.29, 0.717) is 5.92 Å². The Morgan fingerprint density at radius 3 is 2.52 bits per heavy atom. The lowest BCUT2D eigenvalue weighted by molar-refractivity contribution is -0.126. The minimum atomic E-state index is 0.0818. The second-order valence-corrected chi connectivity index (χ2v) is 6.82. The average Bonchev–Trinajstić information content (AvgIpc) is 2.68. The highest BCUT2D eigenvalue weighted by Gasteiger charge is 2.27. The van der Waals surface area contributed by atoms with Gasteiger partial charge in [0.15, 0.2) is 0 Å². The number of amides is 1. The lowest BCUT2D eigenvalue weighted by Crippen LogP contribution is -2.44. The van der Waals surface area contributed by atoms with Crippen LogP contribution in [0.15, 0.2) is 48.9 Å². The van der Waals surface area contributed by atoms with Crippen molar-refractivity contribution in [1.29, 1.82) is 0 Å². The maximum atomic E-state index is 12.6. The fraction of sp³-hybridized carbons (Fsp3) is 0.450. The van der Waals surface area contributed by atoms with Crippen molar-refractivity contribution >= 4 is 11.7 Å². The number of anilines is 1. The maximum absolute atomic E-state index is 12.6. The highest BCUT2D eigenvalue weighted by Crippen LogP contribution is 2.23. The first-order chi connectivity index (χ1) is 12.1. The van der Waals surface area contributed by atoms with Gasteiger partial charge >= 0.3 is 0 Å². The number of carbonyl (C=O) groups is 1. The molecular formula is C20H26N4O. The van der Waals surface area contributed by atoms with E-state index in [1.54, 1.807) is 18.6 Å². The number of piperidine rings is 1. The Labute approximate surface area is 149 Å². The molecular weight excluding hydrogens is 312 g/mol. The normalized spacial score (nSPS) is 17.8. The summed E-state index contributed by atoms with van der Waals surface area (Å²) in [6.45, 7) is 5.94. The smallest absolute Gasteiger partial charge is 0.223 e. The maximum Gasteiger partial charge on any atom is 0.223 e. The number of nitrogens with zero attached hydrogens (tertiary/aromatic N) is 3. The first-order valence-corrected chi connectivity index (χ1v) is 9.01. The van der Waals surface area contributed by atoms with E-state index in [-0.39, 0.29) is 17.9 Å². The van der Waals surface area contributed by atoms with E-state index in [1.807, 2.05) is 18.2 Å². The third-order valence-corrected chi connectivity index (χ3v) is 5.18. The van der Waals surface area contributed by atoms with E-state index in [2.05, 4.69) is 46.2 Å². The van der Waals surface area contributed by atoms with Crippen LogP contribution >= 0.6 is 0 Å². The van der Waals surface area contributed by atoms with Crippen LogP contribution in [0.25, 0.3) is 0 Å². The lowest BCUT2D eigenvalue weighted by Gasteiger charge is -2.33. The molecule has 1 N–H and O–H groups in total. The van der Waals surface area contributed by atoms with E-state index >= 15 is 0 Å². The Morgan fingerprint density at radius 1 is 1.16 bits per heavy atom. The number of hydrogen-bond donors (Lipinski definition) is 1. The van der Waals surface area contributed by atoms with Crippen molar-refractivity contribution in [3.05, 3.63) is 54.5 Å². The molecule has 1 saturated heterocycles. The van der Waals surface area contributed by atoms with Crippen molar-refractivity contribution in [2.75, 3.05) is 18.0 Å². The molecule has 2 atom stereocenters. The molecule has 5 heteroatoms. The first-order valence-electron chi connectivity index (χ1n) is 9.01. The van der Waals surface area contributed by atoms with Crippen LogP contribution in [-0.2, 0) is 4.79 Å². The Morgan fingerprint density at radius 2 is 1.88 bits per heavy atom. The van der Waals surface area contributed by atoms with Crippen LogP contribution in [0.5, 0.6) is 0 Å². The van der Waals surface area contributed by atoms with E-state index in [1.165, 1.54) is 5.56 Å². The number of carbonyl (C=O) groups excluding carboxylic acids is 1. The molecule has 1 fully saturated rings. The topological polar surface area (TPSA) is 58.1 Å². The molecule has 1 aliphatic rings. The van der Waals surface area contributed by atoms with Crippen LogP contribution in [0, 0.1) is 5.92 Å². The minimum Gasteiger partial charge on any atom is -0.355 e. The van der Waals surface area contributed by atoms with E-state index < -0.39 is 0 Å². The standard InChI is InChI=1S/C20H26N4O/c1-15(17-6-4-3-5-7-17)16(2)23-20(25)18-8-12-24(13-9-18)19-14-21-10-11-22-19/h3-7,10-11,14-16,18H,8-9,12-13H2,1-2H3,(H,23,25). The zero-order valence-electron chi connectivity index (χ0n) is 14.9. The van der Waals surface area contributed by atoms with Crippen molar-refractivity contribution in [2.24, 2.45) is 5.92 Å². The zero-order chi connectivity index (χ0) is 17.6. The van der Waals surface area contributed by atoms with Crippen LogP contribution in [0.2, 0.25) is 0 Å². The molecule has 1 aliphatic heterocycles. The van der Waals surface area contributed by atoms with Gasteiger partial charge in [0.25, 0.3) is 0 Å². The number of rotatable bonds is 5. The molecule has 2 aromatic rings. The van der Waals surface area contributed by atoms with Gasteiger partial charge in [0.05, 0.1) is 6.20 Å². The van der Waals surface area contributed by atoms with Crippen LogP contribution in [0.3, 0.4) is 0 Å². The second kappa shape index (κ2) is 8.10. The van der Waals surface area contributed by atoms with Crippen molar-refractivity contribution < 1.29 is 4.79 Å². The first kappa shape index (κ1) is 17.4. The molecule has 1 aromatic heterocycles. The molecule has 25 heavy (non-hydrogen) atoms. The van der Waals surface area contributed by atoms with Gasteiger partial charge in [0.1, 0.15) is 5.82 Å². The number of hydrogen-bond acceptors (Lipinski definition) is 4. The van der Waals surface area contributed by atoms with Crippen molar-refractivity contribution in [3.63, 3.8) is 0 Å². The number of nitrogens with one attached hydrogen (secondary N) is 1. The fourth-order valence-corrected chi connectivity index (χ4v) is 3.34. The van der Waals surface area contributed by atoms with Crippen LogP contribution in [0.4, 0.5) is 5.82 Å². The average molecular weight is 338 g/mol. The molecule has 0 saturated carbocycles. The van der Waals surface area contributed by atoms with Crippen LogP contribution < -0.4 is 10.2 Å². The summed E-state index contributed by atoms with van der Waals surface area (Å²) in [5.41, 5.74) is 1.26. The molecule has 2 unspecified atom stereocenters. The molecule has 5 nitrogen and oxygen atoms in total. The Bertz CT molecular complexity index is 669. The molecule has 0 radical (unpaired) electrons. The summed E-state index contributed by atoms with van der Waals surface area (Å²) >= 11 is 0. The summed E-state index contributed by atoms with van der Waals surface area (Å²) in [6.07, 6.45) is 6.88. The van der Waals surface area contributed by atoms with Gasteiger partial charge in [0.2, 0.25) is 5.91 Å². The van der Waals surface area contributed by atoms with Gasteiger partial charge < -0.3 is 10.2 Å². The second-order valence-electron chi connectivity index (χ2n) is 6.82. The van der Waals surface area contributed by atoms with E-state index in [4.69, 9.17) is 0 Å². The molecule has 1 aromatic carbocycles. The third kappa shape index (κ3) is 4.35. The highest BCUT2D eigenvalue weighted by atomic mass is 16.1. The largest absolute Gasteiger partial charge is 0.355 e. The van der Waals surface area contributed by atoms with Crippen molar-refractivity contribution in [3.8, 4) is 0 Å². The molecule has 0 bridgehead atoms. The highest BCUT2D eigenvalue weighted by molar-refractivity contribution is 5.79. The number of aromatic nitrogens is 2. The monoisotopic (exact) mass is 338 g/mol. The molecule has 132 valence electrons. The predicted octanol–water partition coefficient (Wildman–Crippen LogP) is 3.00. The summed E-state index contributed by atoms with van der Waals surface area (Å²) in [5.74, 6) is 1.45. The lowest BCUT2D eigenvalue weighted by atomic mass is 9.92. The quantitative estimate of drug-likeness (QED) is 0.910. The minimum absolute atomic E-state index is 0.0818. The SMILES string of the molecule is CC(NC(=O)C1CCN(c2cnccn2)CC1)C(C)c1ccccc1. The summed E-state index contributed by atoms with van der Waals surface area (Å²) in [5, 5.41) is 3.22. The van der Waals surface area contributed by atoms with Crippen LogP contribution in [-0.4, -0.2) is 35.0 Å². The Hall–Kier alpha value is -2.43. The van der Waals surface area contributed by atoms with E-state index in [9.17, 15) is 4.79 Å². The summed E-state index contributed by atoms with van der Waals surface area (Å²) in [6, 6.07) is 10.5. The molecule has 2 heterocycles. The Kier molecular flexibility index (Phi) is 5.64. The molecule has 0 spiro atoms. The summed E-state index contributed by atoms with van der Waals surface area (Å²) in [4.78, 5) is 23.3. The van der Waals surface area contributed by atoms with E-state index in [0.717, 1.165) is 31.7 Å². The summed E-state index contributed by atoms with van der Waals surface area (Å²) < 4.78 is 0. The van der Waals surface area contributed by atoms with Crippen molar-refractivity contribution in [2.45, 2.75) is 38.6 Å². The van der Waals surface area contributed by atoms with Gasteiger partial charge in [-0.15, -0.1) is 0 Å². The van der Waals surface area contributed by atoms with Crippen LogP contribution in [0.1, 0.15) is 38.2 Å². The van der Waals surface area contributed by atoms with Gasteiger partial charge in [-0.2, -0.15) is 0 Å². The van der Waals surface area contributed by atoms with Gasteiger partial charge in [-0.1, -0.05) is 37.3 Å². The van der Waals surface area contributed by atoms with Gasteiger partial charge in [-0.05, 0) is 25.3 Å². The van der Waals surface area contributed by atoms with Gasteiger partial charge in [-0.25, -0.2) is 4.98 Å². The molecule has 3 rings (SSSR count). The Balaban J connectivity index is 1.51. The number of benzene rings is 1.